The van der Waals surface area contributed by atoms with Crippen molar-refractivity contribution in [1.29, 1.82) is 5.26 Å². The zero-order valence-electron chi connectivity index (χ0n) is 15.5. The number of ether oxygens (including phenoxy) is 1. The molecule has 0 spiro atoms. The average Bonchev–Trinajstić information content (AvgIpc) is 2.65. The molecule has 5 nitrogen and oxygen atoms in total. The van der Waals surface area contributed by atoms with Crippen LogP contribution < -0.4 is 10.1 Å². The van der Waals surface area contributed by atoms with E-state index in [2.05, 4.69) is 11.4 Å². The molecule has 1 N–H and O–H groups in total. The minimum Gasteiger partial charge on any atom is -0.493 e. The second kappa shape index (κ2) is 9.59. The van der Waals surface area contributed by atoms with Crippen molar-refractivity contribution in [3.63, 3.8) is 0 Å². The Hall–Kier alpha value is -2.84. The van der Waals surface area contributed by atoms with Gasteiger partial charge in [0, 0.05) is 12.2 Å². The topological polar surface area (TPSA) is 65.4 Å². The van der Waals surface area contributed by atoms with E-state index in [1.54, 1.807) is 24.3 Å². The van der Waals surface area contributed by atoms with Crippen LogP contribution in [-0.4, -0.2) is 37.0 Å². The second-order valence-electron chi connectivity index (χ2n) is 6.31. The van der Waals surface area contributed by atoms with Crippen molar-refractivity contribution in [1.82, 2.24) is 4.90 Å². The molecule has 0 aliphatic rings. The van der Waals surface area contributed by atoms with E-state index in [0.29, 0.717) is 17.9 Å². The molecule has 0 aliphatic carbocycles. The number of aryl methyl sites for hydroxylation is 1. The van der Waals surface area contributed by atoms with Gasteiger partial charge in [-0.2, -0.15) is 5.26 Å². The van der Waals surface area contributed by atoms with Gasteiger partial charge in [0.2, 0.25) is 5.91 Å². The van der Waals surface area contributed by atoms with Crippen LogP contribution in [0.25, 0.3) is 0 Å². The minimum absolute atomic E-state index is 0.0950. The number of anilines is 1. The highest BCUT2D eigenvalue weighted by Crippen LogP contribution is 2.16. The Balaban J connectivity index is 1.77. The quantitative estimate of drug-likeness (QED) is 0.738. The van der Waals surface area contributed by atoms with Gasteiger partial charge in [0.15, 0.2) is 0 Å². The SMILES string of the molecule is Cc1ccccc1OCCCN(C)C(C)C(=O)Nc1cccc(C#N)c1. The molecule has 1 unspecified atom stereocenters. The highest BCUT2D eigenvalue weighted by molar-refractivity contribution is 5.94. The first-order valence-corrected chi connectivity index (χ1v) is 8.71. The summed E-state index contributed by atoms with van der Waals surface area (Å²) >= 11 is 0. The third-order valence-electron chi connectivity index (χ3n) is 4.31. The lowest BCUT2D eigenvalue weighted by Crippen LogP contribution is -2.40. The second-order valence-corrected chi connectivity index (χ2v) is 6.31. The maximum Gasteiger partial charge on any atom is 0.241 e. The molecule has 0 fully saturated rings. The lowest BCUT2D eigenvalue weighted by Gasteiger charge is -2.24. The normalized spacial score (nSPS) is 11.7. The Kier molecular flexibility index (Phi) is 7.19. The van der Waals surface area contributed by atoms with Crippen molar-refractivity contribution >= 4 is 11.6 Å². The summed E-state index contributed by atoms with van der Waals surface area (Å²) in [5.74, 6) is 0.806. The van der Waals surface area contributed by atoms with Crippen LogP contribution in [0.4, 0.5) is 5.69 Å². The minimum atomic E-state index is -0.279. The number of carbonyl (C=O) groups is 1. The van der Waals surface area contributed by atoms with Gasteiger partial charge in [-0.1, -0.05) is 24.3 Å². The largest absolute Gasteiger partial charge is 0.493 e. The van der Waals surface area contributed by atoms with E-state index in [1.807, 2.05) is 50.1 Å². The summed E-state index contributed by atoms with van der Waals surface area (Å²) in [5, 5.41) is 11.8. The summed E-state index contributed by atoms with van der Waals surface area (Å²) < 4.78 is 5.79. The number of benzene rings is 2. The van der Waals surface area contributed by atoms with Crippen LogP contribution in [-0.2, 0) is 4.79 Å². The van der Waals surface area contributed by atoms with Crippen LogP contribution in [0.15, 0.2) is 48.5 Å². The van der Waals surface area contributed by atoms with E-state index in [-0.39, 0.29) is 11.9 Å². The molecule has 0 aliphatic heterocycles. The fourth-order valence-electron chi connectivity index (χ4n) is 2.52. The molecule has 2 aromatic rings. The molecule has 1 atom stereocenters. The molecule has 2 aromatic carbocycles. The number of carbonyl (C=O) groups excluding carboxylic acids is 1. The van der Waals surface area contributed by atoms with Crippen molar-refractivity contribution in [2.24, 2.45) is 0 Å². The third-order valence-corrected chi connectivity index (χ3v) is 4.31. The summed E-state index contributed by atoms with van der Waals surface area (Å²) in [6.45, 7) is 5.24. The molecule has 0 heterocycles. The smallest absolute Gasteiger partial charge is 0.241 e. The van der Waals surface area contributed by atoms with Gasteiger partial charge in [-0.3, -0.25) is 9.69 Å². The lowest BCUT2D eigenvalue weighted by molar-refractivity contribution is -0.120. The predicted molar refractivity (Wildman–Crippen MR) is 103 cm³/mol. The molecule has 26 heavy (non-hydrogen) atoms. The van der Waals surface area contributed by atoms with Gasteiger partial charge in [-0.05, 0) is 57.1 Å². The predicted octanol–water partition coefficient (Wildman–Crippen LogP) is 3.59. The molecule has 0 radical (unpaired) electrons. The molecule has 0 saturated heterocycles. The molecule has 0 aromatic heterocycles. The first-order chi connectivity index (χ1) is 12.5. The Morgan fingerprint density at radius 2 is 2.04 bits per heavy atom. The number of hydrogen-bond acceptors (Lipinski definition) is 4. The molecular weight excluding hydrogens is 326 g/mol. The van der Waals surface area contributed by atoms with Crippen LogP contribution in [0.3, 0.4) is 0 Å². The van der Waals surface area contributed by atoms with Gasteiger partial charge in [-0.15, -0.1) is 0 Å². The van der Waals surface area contributed by atoms with Gasteiger partial charge in [0.1, 0.15) is 5.75 Å². The number of hydrogen-bond donors (Lipinski definition) is 1. The standard InChI is InChI=1S/C21H25N3O2/c1-16-8-4-5-11-20(16)26-13-7-12-24(3)17(2)21(25)23-19-10-6-9-18(14-19)15-22/h4-6,8-11,14,17H,7,12-13H2,1-3H3,(H,23,25). The van der Waals surface area contributed by atoms with E-state index in [9.17, 15) is 4.79 Å². The highest BCUT2D eigenvalue weighted by atomic mass is 16.5. The molecule has 1 amide bonds. The Morgan fingerprint density at radius 1 is 1.27 bits per heavy atom. The highest BCUT2D eigenvalue weighted by Gasteiger charge is 2.18. The molecule has 0 bridgehead atoms. The van der Waals surface area contributed by atoms with Crippen molar-refractivity contribution in [3.8, 4) is 11.8 Å². The number of nitriles is 1. The van der Waals surface area contributed by atoms with Crippen LogP contribution in [0.5, 0.6) is 5.75 Å². The van der Waals surface area contributed by atoms with Gasteiger partial charge in [-0.25, -0.2) is 0 Å². The lowest BCUT2D eigenvalue weighted by atomic mass is 10.2. The van der Waals surface area contributed by atoms with Crippen LogP contribution in [0.1, 0.15) is 24.5 Å². The number of nitrogens with zero attached hydrogens (tertiary/aromatic N) is 2. The Labute approximate surface area is 155 Å². The number of nitrogens with one attached hydrogen (secondary N) is 1. The molecular formula is C21H25N3O2. The van der Waals surface area contributed by atoms with Gasteiger partial charge >= 0.3 is 0 Å². The van der Waals surface area contributed by atoms with Crippen molar-refractivity contribution < 1.29 is 9.53 Å². The first-order valence-electron chi connectivity index (χ1n) is 8.71. The van der Waals surface area contributed by atoms with Gasteiger partial charge in [0.25, 0.3) is 0 Å². The molecule has 136 valence electrons. The fourth-order valence-corrected chi connectivity index (χ4v) is 2.52. The number of rotatable bonds is 8. The van der Waals surface area contributed by atoms with Crippen LogP contribution in [0.2, 0.25) is 0 Å². The number of amides is 1. The van der Waals surface area contributed by atoms with Crippen molar-refractivity contribution in [2.75, 3.05) is 25.5 Å². The number of para-hydroxylation sites is 1. The molecule has 2 rings (SSSR count). The van der Waals surface area contributed by atoms with Gasteiger partial charge < -0.3 is 10.1 Å². The first kappa shape index (κ1) is 19.5. The monoisotopic (exact) mass is 351 g/mol. The maximum absolute atomic E-state index is 12.4. The third kappa shape index (κ3) is 5.61. The average molecular weight is 351 g/mol. The Bertz CT molecular complexity index is 783. The van der Waals surface area contributed by atoms with Crippen LogP contribution >= 0.6 is 0 Å². The summed E-state index contributed by atoms with van der Waals surface area (Å²) in [6.07, 6.45) is 0.826. The number of likely N-dealkylation sites (N-methyl/N-ethyl adjacent to an activating group) is 1. The summed E-state index contributed by atoms with van der Waals surface area (Å²) in [5.41, 5.74) is 2.28. The summed E-state index contributed by atoms with van der Waals surface area (Å²) in [6, 6.07) is 16.6. The Morgan fingerprint density at radius 3 is 2.77 bits per heavy atom. The zero-order valence-corrected chi connectivity index (χ0v) is 15.5. The fraction of sp³-hybridized carbons (Fsp3) is 0.333. The van der Waals surface area contributed by atoms with E-state index in [1.165, 1.54) is 0 Å². The molecule has 0 saturated carbocycles. The summed E-state index contributed by atoms with van der Waals surface area (Å²) in [7, 11) is 1.92. The van der Waals surface area contributed by atoms with Gasteiger partial charge in [0.05, 0.1) is 24.3 Å². The van der Waals surface area contributed by atoms with E-state index >= 15 is 0 Å². The zero-order chi connectivity index (χ0) is 18.9. The van der Waals surface area contributed by atoms with Crippen LogP contribution in [0, 0.1) is 18.3 Å². The van der Waals surface area contributed by atoms with E-state index in [4.69, 9.17) is 10.00 Å². The summed E-state index contributed by atoms with van der Waals surface area (Å²) in [4.78, 5) is 14.4. The van der Waals surface area contributed by atoms with E-state index in [0.717, 1.165) is 24.3 Å². The van der Waals surface area contributed by atoms with E-state index < -0.39 is 0 Å². The van der Waals surface area contributed by atoms with Crippen molar-refractivity contribution in [3.05, 3.63) is 59.7 Å². The molecule has 5 heteroatoms. The maximum atomic E-state index is 12.4. The van der Waals surface area contributed by atoms with Crippen molar-refractivity contribution in [2.45, 2.75) is 26.3 Å².